The van der Waals surface area contributed by atoms with E-state index < -0.39 is 28.1 Å². The van der Waals surface area contributed by atoms with Crippen LogP contribution in [-0.2, 0) is 21.2 Å². The predicted octanol–water partition coefficient (Wildman–Crippen LogP) is 5.89. The standard InChI is InChI=1S/C27H30N2O4S.C2HF3O2/c1-19-8-9-20(2)26(16-19)34(32,33)28-24-18-23(27(30)31)10-11-25(24)29-14-12-22(13-15-29)17-21-6-4-3-5-7-21;3-2(4,5)1(6)7/h3-11,16,18,22,28H,12-15,17H2,1-2H3,(H,30,31);(H,6,7). The van der Waals surface area contributed by atoms with Crippen molar-refractivity contribution in [2.24, 2.45) is 5.92 Å². The molecule has 0 unspecified atom stereocenters. The summed E-state index contributed by atoms with van der Waals surface area (Å²) in [6, 6.07) is 20.4. The average Bonchev–Trinajstić information content (AvgIpc) is 2.90. The van der Waals surface area contributed by atoms with Crippen molar-refractivity contribution in [3.8, 4) is 0 Å². The zero-order valence-electron chi connectivity index (χ0n) is 22.5. The third-order valence-electron chi connectivity index (χ3n) is 6.69. The fourth-order valence-electron chi connectivity index (χ4n) is 4.55. The number of benzene rings is 3. The number of alkyl halides is 3. The Morgan fingerprint density at radius 1 is 0.951 bits per heavy atom. The number of aryl methyl sites for hydroxylation is 2. The highest BCUT2D eigenvalue weighted by Crippen LogP contribution is 2.34. The van der Waals surface area contributed by atoms with Gasteiger partial charge in [0.05, 0.1) is 21.8 Å². The van der Waals surface area contributed by atoms with Gasteiger partial charge >= 0.3 is 18.1 Å². The zero-order valence-corrected chi connectivity index (χ0v) is 23.3. The van der Waals surface area contributed by atoms with E-state index in [2.05, 4.69) is 33.9 Å². The van der Waals surface area contributed by atoms with Crippen LogP contribution < -0.4 is 9.62 Å². The third-order valence-corrected chi connectivity index (χ3v) is 8.19. The van der Waals surface area contributed by atoms with Gasteiger partial charge in [0.2, 0.25) is 0 Å². The van der Waals surface area contributed by atoms with Gasteiger partial charge in [-0.1, -0.05) is 42.5 Å². The maximum Gasteiger partial charge on any atom is 0.490 e. The molecule has 3 aromatic rings. The van der Waals surface area contributed by atoms with Crippen molar-refractivity contribution in [3.63, 3.8) is 0 Å². The van der Waals surface area contributed by atoms with Gasteiger partial charge in [0.15, 0.2) is 0 Å². The molecule has 4 rings (SSSR count). The van der Waals surface area contributed by atoms with Gasteiger partial charge in [0, 0.05) is 13.1 Å². The summed E-state index contributed by atoms with van der Waals surface area (Å²) in [4.78, 5) is 22.8. The summed E-state index contributed by atoms with van der Waals surface area (Å²) in [5.74, 6) is -3.29. The van der Waals surface area contributed by atoms with Gasteiger partial charge in [-0.15, -0.1) is 0 Å². The van der Waals surface area contributed by atoms with E-state index in [1.165, 1.54) is 17.7 Å². The van der Waals surface area contributed by atoms with Crippen LogP contribution in [0.4, 0.5) is 24.5 Å². The minimum Gasteiger partial charge on any atom is -0.478 e. The van der Waals surface area contributed by atoms with Crippen molar-refractivity contribution in [2.45, 2.75) is 44.2 Å². The molecule has 3 N–H and O–H groups in total. The number of nitrogens with zero attached hydrogens (tertiary/aromatic N) is 1. The second kappa shape index (κ2) is 13.1. The number of anilines is 2. The van der Waals surface area contributed by atoms with Crippen LogP contribution in [0.5, 0.6) is 0 Å². The normalized spacial score (nSPS) is 14.1. The molecular formula is C29H31F3N2O6S. The number of hydrogen-bond acceptors (Lipinski definition) is 5. The minimum absolute atomic E-state index is 0.0429. The van der Waals surface area contributed by atoms with Crippen molar-refractivity contribution in [3.05, 3.63) is 89.0 Å². The molecule has 0 aliphatic carbocycles. The van der Waals surface area contributed by atoms with Crippen molar-refractivity contribution in [1.29, 1.82) is 0 Å². The van der Waals surface area contributed by atoms with E-state index in [-0.39, 0.29) is 10.5 Å². The van der Waals surface area contributed by atoms with E-state index in [1.807, 2.05) is 19.1 Å². The Bertz CT molecular complexity index is 1490. The summed E-state index contributed by atoms with van der Waals surface area (Å²) < 4.78 is 61.0. The maximum atomic E-state index is 13.3. The molecule has 0 saturated carbocycles. The lowest BCUT2D eigenvalue weighted by Crippen LogP contribution is -2.35. The van der Waals surface area contributed by atoms with Crippen LogP contribution in [0.2, 0.25) is 0 Å². The number of carboxylic acids is 2. The quantitative estimate of drug-likeness (QED) is 0.312. The highest BCUT2D eigenvalue weighted by atomic mass is 32.2. The number of aliphatic carboxylic acids is 1. The molecule has 41 heavy (non-hydrogen) atoms. The number of carbonyl (C=O) groups is 2. The molecular weight excluding hydrogens is 561 g/mol. The first-order valence-corrected chi connectivity index (χ1v) is 14.2. The van der Waals surface area contributed by atoms with Crippen LogP contribution in [0.25, 0.3) is 0 Å². The van der Waals surface area contributed by atoms with Crippen LogP contribution in [0.1, 0.15) is 39.9 Å². The largest absolute Gasteiger partial charge is 0.490 e. The molecule has 0 amide bonds. The topological polar surface area (TPSA) is 124 Å². The van der Waals surface area contributed by atoms with E-state index in [9.17, 15) is 31.5 Å². The number of rotatable bonds is 7. The second-order valence-electron chi connectivity index (χ2n) is 9.83. The Morgan fingerprint density at radius 3 is 2.12 bits per heavy atom. The first-order chi connectivity index (χ1) is 19.2. The Hall–Kier alpha value is -4.06. The monoisotopic (exact) mass is 592 g/mol. The molecule has 1 heterocycles. The van der Waals surface area contributed by atoms with Crippen molar-refractivity contribution in [1.82, 2.24) is 0 Å². The number of aromatic carboxylic acids is 1. The molecule has 1 fully saturated rings. The molecule has 0 radical (unpaired) electrons. The van der Waals surface area contributed by atoms with E-state index in [4.69, 9.17) is 9.90 Å². The highest BCUT2D eigenvalue weighted by molar-refractivity contribution is 7.92. The number of nitrogens with one attached hydrogen (secondary N) is 1. The third kappa shape index (κ3) is 8.71. The van der Waals surface area contributed by atoms with Gasteiger partial charge in [-0.2, -0.15) is 13.2 Å². The molecule has 0 aromatic heterocycles. The van der Waals surface area contributed by atoms with Gasteiger partial charge in [0.25, 0.3) is 10.0 Å². The number of hydrogen-bond donors (Lipinski definition) is 3. The lowest BCUT2D eigenvalue weighted by Gasteiger charge is -2.35. The summed E-state index contributed by atoms with van der Waals surface area (Å²) in [6.07, 6.45) is -2.09. The van der Waals surface area contributed by atoms with Crippen LogP contribution in [0, 0.1) is 19.8 Å². The fraction of sp³-hybridized carbons (Fsp3) is 0.310. The first kappa shape index (κ1) is 31.5. The second-order valence-corrected chi connectivity index (χ2v) is 11.5. The highest BCUT2D eigenvalue weighted by Gasteiger charge is 2.38. The van der Waals surface area contributed by atoms with Crippen molar-refractivity contribution in [2.75, 3.05) is 22.7 Å². The first-order valence-electron chi connectivity index (χ1n) is 12.7. The maximum absolute atomic E-state index is 13.3. The van der Waals surface area contributed by atoms with Crippen LogP contribution >= 0.6 is 0 Å². The Balaban J connectivity index is 0.000000587. The Morgan fingerprint density at radius 2 is 1.56 bits per heavy atom. The SMILES string of the molecule is Cc1ccc(C)c(S(=O)(=O)Nc2cc(C(=O)O)ccc2N2CCC(Cc3ccccc3)CC2)c1.O=C(O)C(F)(F)F. The predicted molar refractivity (Wildman–Crippen MR) is 149 cm³/mol. The Labute approximate surface area is 236 Å². The van der Waals surface area contributed by atoms with Gasteiger partial charge in [-0.25, -0.2) is 18.0 Å². The molecule has 12 heteroatoms. The summed E-state index contributed by atoms with van der Waals surface area (Å²) >= 11 is 0. The number of piperidine rings is 1. The molecule has 0 atom stereocenters. The zero-order chi connectivity index (χ0) is 30.4. The number of sulfonamides is 1. The van der Waals surface area contributed by atoms with Gasteiger partial charge in [0.1, 0.15) is 0 Å². The van der Waals surface area contributed by atoms with E-state index in [0.717, 1.165) is 37.9 Å². The smallest absolute Gasteiger partial charge is 0.478 e. The van der Waals surface area contributed by atoms with Crippen LogP contribution in [-0.4, -0.2) is 49.8 Å². The molecule has 0 spiro atoms. The Kier molecular flexibility index (Phi) is 10.0. The lowest BCUT2D eigenvalue weighted by atomic mass is 9.90. The van der Waals surface area contributed by atoms with Crippen molar-refractivity contribution < 1.29 is 41.4 Å². The van der Waals surface area contributed by atoms with Crippen molar-refractivity contribution >= 4 is 33.3 Å². The van der Waals surface area contributed by atoms with E-state index in [0.29, 0.717) is 22.9 Å². The van der Waals surface area contributed by atoms with Gasteiger partial charge < -0.3 is 15.1 Å². The summed E-state index contributed by atoms with van der Waals surface area (Å²) in [5.41, 5.74) is 3.84. The van der Waals surface area contributed by atoms with Crippen LogP contribution in [0.3, 0.4) is 0 Å². The van der Waals surface area contributed by atoms with Crippen LogP contribution in [0.15, 0.2) is 71.6 Å². The molecule has 220 valence electrons. The summed E-state index contributed by atoms with van der Waals surface area (Å²) in [6.45, 7) is 5.15. The number of halogens is 3. The molecule has 0 bridgehead atoms. The van der Waals surface area contributed by atoms with Gasteiger partial charge in [-0.3, -0.25) is 4.72 Å². The van der Waals surface area contributed by atoms with E-state index in [1.54, 1.807) is 25.1 Å². The molecule has 1 aliphatic heterocycles. The minimum atomic E-state index is -5.08. The molecule has 3 aromatic carbocycles. The average molecular weight is 593 g/mol. The fourth-order valence-corrected chi connectivity index (χ4v) is 5.94. The molecule has 8 nitrogen and oxygen atoms in total. The van der Waals surface area contributed by atoms with Gasteiger partial charge in [-0.05, 0) is 80.0 Å². The number of carboxylic acid groups (broad SMARTS) is 2. The van der Waals surface area contributed by atoms with E-state index >= 15 is 0 Å². The molecule has 1 saturated heterocycles. The summed E-state index contributed by atoms with van der Waals surface area (Å²) in [7, 11) is -3.89. The lowest BCUT2D eigenvalue weighted by molar-refractivity contribution is -0.192. The molecule has 1 aliphatic rings. The summed E-state index contributed by atoms with van der Waals surface area (Å²) in [5, 5.41) is 16.6.